The van der Waals surface area contributed by atoms with Gasteiger partial charge in [0, 0.05) is 17.3 Å². The lowest BCUT2D eigenvalue weighted by molar-refractivity contribution is -0.213. The molecule has 2 N–H and O–H groups in total. The second-order valence-corrected chi connectivity index (χ2v) is 9.37. The highest BCUT2D eigenvalue weighted by atomic mass is 16.5. The van der Waals surface area contributed by atoms with Crippen LogP contribution in [0.1, 0.15) is 59.3 Å². The van der Waals surface area contributed by atoms with E-state index in [1.807, 2.05) is 6.92 Å². The molecule has 0 bridgehead atoms. The summed E-state index contributed by atoms with van der Waals surface area (Å²) in [6.07, 6.45) is 4.79. The molecule has 4 nitrogen and oxygen atoms in total. The molecule has 1 aliphatic heterocycles. The average molecular weight is 322 g/mol. The SMILES string of the molecule is C[C@]12COC(=O)C[C@@H]1CC[C@@H]1[C@@H]2C[C@@H](O)[C@@]2(C)[C@H]1CC[C@]2(C)O. The van der Waals surface area contributed by atoms with Crippen molar-refractivity contribution in [3.8, 4) is 0 Å². The Hall–Kier alpha value is -0.610. The van der Waals surface area contributed by atoms with Crippen LogP contribution in [0.3, 0.4) is 0 Å². The van der Waals surface area contributed by atoms with Crippen molar-refractivity contribution >= 4 is 5.97 Å². The third-order valence-corrected chi connectivity index (χ3v) is 8.66. The van der Waals surface area contributed by atoms with Crippen LogP contribution in [-0.2, 0) is 9.53 Å². The van der Waals surface area contributed by atoms with E-state index in [1.165, 1.54) is 0 Å². The van der Waals surface area contributed by atoms with Crippen molar-refractivity contribution in [1.29, 1.82) is 0 Å². The summed E-state index contributed by atoms with van der Waals surface area (Å²) in [7, 11) is 0. The first-order valence-electron chi connectivity index (χ1n) is 9.26. The van der Waals surface area contributed by atoms with Gasteiger partial charge in [-0.3, -0.25) is 4.79 Å². The number of hydrogen-bond acceptors (Lipinski definition) is 4. The number of ether oxygens (including phenoxy) is 1. The summed E-state index contributed by atoms with van der Waals surface area (Å²) < 4.78 is 5.44. The summed E-state index contributed by atoms with van der Waals surface area (Å²) in [5.74, 6) is 1.65. The normalized spacial score (nSPS) is 58.8. The van der Waals surface area contributed by atoms with Crippen LogP contribution in [0, 0.1) is 34.5 Å². The van der Waals surface area contributed by atoms with Gasteiger partial charge >= 0.3 is 5.97 Å². The number of aliphatic hydroxyl groups excluding tert-OH is 1. The maximum absolute atomic E-state index is 11.7. The van der Waals surface area contributed by atoms with Crippen molar-refractivity contribution < 1.29 is 19.7 Å². The minimum absolute atomic E-state index is 0.00637. The number of cyclic esters (lactones) is 1. The number of esters is 1. The van der Waals surface area contributed by atoms with Crippen molar-refractivity contribution in [3.05, 3.63) is 0 Å². The first kappa shape index (κ1) is 15.9. The summed E-state index contributed by atoms with van der Waals surface area (Å²) in [6.45, 7) is 6.78. The topological polar surface area (TPSA) is 66.8 Å². The monoisotopic (exact) mass is 322 g/mol. The Morgan fingerprint density at radius 3 is 2.61 bits per heavy atom. The fraction of sp³-hybridized carbons (Fsp3) is 0.947. The molecule has 4 fully saturated rings. The van der Waals surface area contributed by atoms with E-state index in [1.54, 1.807) is 0 Å². The van der Waals surface area contributed by atoms with Gasteiger partial charge in [0.1, 0.15) is 0 Å². The Morgan fingerprint density at radius 1 is 1.13 bits per heavy atom. The van der Waals surface area contributed by atoms with E-state index in [-0.39, 0.29) is 11.4 Å². The highest BCUT2D eigenvalue weighted by Gasteiger charge is 2.66. The number of carbonyl (C=O) groups is 1. The summed E-state index contributed by atoms with van der Waals surface area (Å²) in [5, 5.41) is 21.9. The maximum atomic E-state index is 11.7. The van der Waals surface area contributed by atoms with Crippen LogP contribution in [-0.4, -0.2) is 34.5 Å². The zero-order chi connectivity index (χ0) is 16.6. The maximum Gasteiger partial charge on any atom is 0.306 e. The predicted molar refractivity (Wildman–Crippen MR) is 85.5 cm³/mol. The lowest BCUT2D eigenvalue weighted by atomic mass is 9.45. The summed E-state index contributed by atoms with van der Waals surface area (Å²) >= 11 is 0. The molecule has 3 aliphatic carbocycles. The van der Waals surface area contributed by atoms with Gasteiger partial charge in [0.25, 0.3) is 0 Å². The lowest BCUT2D eigenvalue weighted by Crippen LogP contribution is -2.62. The van der Waals surface area contributed by atoms with E-state index < -0.39 is 17.1 Å². The Balaban J connectivity index is 1.69. The zero-order valence-corrected chi connectivity index (χ0v) is 14.5. The highest BCUT2D eigenvalue weighted by Crippen LogP contribution is 2.67. The molecule has 4 rings (SSSR count). The molecule has 23 heavy (non-hydrogen) atoms. The lowest BCUT2D eigenvalue weighted by Gasteiger charge is -2.61. The molecular weight excluding hydrogens is 292 g/mol. The second-order valence-electron chi connectivity index (χ2n) is 9.37. The van der Waals surface area contributed by atoms with E-state index in [4.69, 9.17) is 4.74 Å². The first-order valence-corrected chi connectivity index (χ1v) is 9.26. The minimum atomic E-state index is -0.779. The molecule has 0 spiro atoms. The molecule has 0 aromatic rings. The van der Waals surface area contributed by atoms with Crippen LogP contribution in [0.25, 0.3) is 0 Å². The smallest absolute Gasteiger partial charge is 0.306 e. The molecule has 0 unspecified atom stereocenters. The van der Waals surface area contributed by atoms with Crippen LogP contribution in [0.2, 0.25) is 0 Å². The van der Waals surface area contributed by atoms with Crippen molar-refractivity contribution in [1.82, 2.24) is 0 Å². The largest absolute Gasteiger partial charge is 0.465 e. The van der Waals surface area contributed by atoms with Crippen LogP contribution < -0.4 is 0 Å². The summed E-state index contributed by atoms with van der Waals surface area (Å²) in [4.78, 5) is 11.7. The standard InChI is InChI=1S/C19H30O4/c1-17-10-23-16(21)8-11(17)4-5-12-13-6-7-18(2,22)19(13,3)15(20)9-14(12)17/h11-15,20,22H,4-10H2,1-3H3/t11-,12-,13-,14-,15+,17-,18-,19+/m0/s1. The molecule has 0 aromatic heterocycles. The van der Waals surface area contributed by atoms with E-state index >= 15 is 0 Å². The number of fused-ring (bicyclic) bond motifs is 5. The molecular formula is C19H30O4. The Morgan fingerprint density at radius 2 is 1.87 bits per heavy atom. The summed E-state index contributed by atoms with van der Waals surface area (Å²) in [5.41, 5.74) is -1.19. The molecule has 1 saturated heterocycles. The number of aliphatic hydroxyl groups is 2. The van der Waals surface area contributed by atoms with Gasteiger partial charge < -0.3 is 14.9 Å². The molecule has 1 heterocycles. The van der Waals surface area contributed by atoms with Gasteiger partial charge in [-0.05, 0) is 62.7 Å². The van der Waals surface area contributed by atoms with Gasteiger partial charge in [-0.15, -0.1) is 0 Å². The van der Waals surface area contributed by atoms with E-state index in [0.717, 1.165) is 32.1 Å². The van der Waals surface area contributed by atoms with Gasteiger partial charge in [0.15, 0.2) is 0 Å². The van der Waals surface area contributed by atoms with Gasteiger partial charge in [0.05, 0.1) is 18.3 Å². The second kappa shape index (κ2) is 4.72. The average Bonchev–Trinajstić information content (AvgIpc) is 2.73. The number of rotatable bonds is 0. The van der Waals surface area contributed by atoms with E-state index in [2.05, 4.69) is 13.8 Å². The molecule has 0 radical (unpaired) electrons. The first-order chi connectivity index (χ1) is 10.7. The van der Waals surface area contributed by atoms with Gasteiger partial charge in [-0.2, -0.15) is 0 Å². The fourth-order valence-electron chi connectivity index (χ4n) is 6.85. The minimum Gasteiger partial charge on any atom is -0.465 e. The van der Waals surface area contributed by atoms with E-state index in [0.29, 0.717) is 36.7 Å². The van der Waals surface area contributed by atoms with Crippen LogP contribution in [0.5, 0.6) is 0 Å². The molecule has 0 amide bonds. The van der Waals surface area contributed by atoms with Crippen LogP contribution in [0.15, 0.2) is 0 Å². The number of carbonyl (C=O) groups excluding carboxylic acids is 1. The molecule has 8 atom stereocenters. The van der Waals surface area contributed by atoms with E-state index in [9.17, 15) is 15.0 Å². The Bertz CT molecular complexity index is 529. The number of hydrogen-bond donors (Lipinski definition) is 2. The van der Waals surface area contributed by atoms with Crippen molar-refractivity contribution in [2.45, 2.75) is 71.0 Å². The molecule has 4 aliphatic rings. The van der Waals surface area contributed by atoms with Gasteiger partial charge in [-0.1, -0.05) is 13.8 Å². The quantitative estimate of drug-likeness (QED) is 0.673. The molecule has 3 saturated carbocycles. The van der Waals surface area contributed by atoms with Gasteiger partial charge in [0.2, 0.25) is 0 Å². The predicted octanol–water partition coefficient (Wildman–Crippen LogP) is 2.51. The highest BCUT2D eigenvalue weighted by molar-refractivity contribution is 5.70. The van der Waals surface area contributed by atoms with Crippen LogP contribution >= 0.6 is 0 Å². The van der Waals surface area contributed by atoms with Crippen molar-refractivity contribution in [2.75, 3.05) is 6.61 Å². The Labute approximate surface area is 138 Å². The molecule has 0 aromatic carbocycles. The third kappa shape index (κ3) is 1.88. The molecule has 4 heteroatoms. The van der Waals surface area contributed by atoms with Gasteiger partial charge in [-0.25, -0.2) is 0 Å². The van der Waals surface area contributed by atoms with Crippen molar-refractivity contribution in [2.24, 2.45) is 34.5 Å². The summed E-state index contributed by atoms with van der Waals surface area (Å²) in [6, 6.07) is 0. The van der Waals surface area contributed by atoms with Crippen LogP contribution in [0.4, 0.5) is 0 Å². The third-order valence-electron chi connectivity index (χ3n) is 8.66. The zero-order valence-electron chi connectivity index (χ0n) is 14.5. The Kier molecular flexibility index (Phi) is 3.26. The molecule has 130 valence electrons. The fourth-order valence-corrected chi connectivity index (χ4v) is 6.85. The van der Waals surface area contributed by atoms with Crippen molar-refractivity contribution in [3.63, 3.8) is 0 Å².